The van der Waals surface area contributed by atoms with E-state index in [1.807, 2.05) is 0 Å². The van der Waals surface area contributed by atoms with E-state index in [4.69, 9.17) is 17.3 Å². The number of anilines is 1. The molecule has 0 radical (unpaired) electrons. The van der Waals surface area contributed by atoms with Crippen molar-refractivity contribution < 1.29 is 15.0 Å². The molecule has 1 aromatic heterocycles. The van der Waals surface area contributed by atoms with Crippen molar-refractivity contribution in [3.8, 4) is 0 Å². The molecule has 7 heteroatoms. The molecule has 18 heavy (non-hydrogen) atoms. The molecule has 1 heterocycles. The maximum atomic E-state index is 10.7. The number of pyridine rings is 1. The minimum Gasteiger partial charge on any atom is -0.398 e. The Kier molecular flexibility index (Phi) is 5.87. The summed E-state index contributed by atoms with van der Waals surface area (Å²) in [7, 11) is 0. The van der Waals surface area contributed by atoms with Crippen LogP contribution in [0.4, 0.5) is 5.69 Å². The van der Waals surface area contributed by atoms with E-state index in [-0.39, 0.29) is 22.4 Å². The van der Waals surface area contributed by atoms with Crippen molar-refractivity contribution in [3.63, 3.8) is 0 Å². The van der Waals surface area contributed by atoms with Crippen molar-refractivity contribution in [2.45, 2.75) is 25.6 Å². The first-order valence-corrected chi connectivity index (χ1v) is 6.68. The number of thioether (sulfide) groups is 1. The average Bonchev–Trinajstić information content (AvgIpc) is 2.27. The maximum Gasteiger partial charge on any atom is 0.185 e. The summed E-state index contributed by atoms with van der Waals surface area (Å²) < 4.78 is 0. The number of nitrogens with zero attached hydrogens (tertiary/aromatic N) is 1. The van der Waals surface area contributed by atoms with E-state index in [1.165, 1.54) is 19.2 Å². The molecule has 0 aliphatic heterocycles. The fourth-order valence-corrected chi connectivity index (χ4v) is 2.20. The predicted molar refractivity (Wildman–Crippen MR) is 72.4 cm³/mol. The van der Waals surface area contributed by atoms with Crippen LogP contribution >= 0.6 is 23.4 Å². The van der Waals surface area contributed by atoms with Crippen LogP contribution in [-0.4, -0.2) is 32.2 Å². The normalized spacial score (nSPS) is 14.2. The molecule has 0 amide bonds. The van der Waals surface area contributed by atoms with Crippen LogP contribution in [0, 0.1) is 0 Å². The third-order valence-corrected chi connectivity index (χ3v) is 3.39. The number of carbonyl (C=O) groups excluding carboxylic acids is 1. The first-order chi connectivity index (χ1) is 8.41. The summed E-state index contributed by atoms with van der Waals surface area (Å²) >= 11 is 6.74. The zero-order chi connectivity index (χ0) is 13.7. The highest BCUT2D eigenvalue weighted by Crippen LogP contribution is 2.26. The zero-order valence-corrected chi connectivity index (χ0v) is 11.4. The number of aliphatic hydroxyl groups excluding tert-OH is 2. The first-order valence-electron chi connectivity index (χ1n) is 5.32. The molecule has 100 valence electrons. The lowest BCUT2D eigenvalue weighted by molar-refractivity contribution is -0.109. The predicted octanol–water partition coefficient (Wildman–Crippen LogP) is 1.38. The molecule has 0 fully saturated rings. The molecule has 0 spiro atoms. The van der Waals surface area contributed by atoms with Gasteiger partial charge in [-0.05, 0) is 12.5 Å². The smallest absolute Gasteiger partial charge is 0.185 e. The van der Waals surface area contributed by atoms with Gasteiger partial charge in [-0.25, -0.2) is 4.98 Å². The maximum absolute atomic E-state index is 10.7. The molecular weight excluding hydrogens is 276 g/mol. The van der Waals surface area contributed by atoms with Gasteiger partial charge in [0.15, 0.2) is 5.12 Å². The topological polar surface area (TPSA) is 96.4 Å². The molecule has 0 aliphatic carbocycles. The van der Waals surface area contributed by atoms with E-state index in [1.54, 1.807) is 0 Å². The van der Waals surface area contributed by atoms with Crippen LogP contribution in [0.1, 0.15) is 25.0 Å². The van der Waals surface area contributed by atoms with Gasteiger partial charge < -0.3 is 15.9 Å². The molecule has 2 atom stereocenters. The number of aromatic nitrogens is 1. The van der Waals surface area contributed by atoms with Crippen LogP contribution in [-0.2, 0) is 4.79 Å². The third-order valence-electron chi connectivity index (χ3n) is 2.34. The van der Waals surface area contributed by atoms with Gasteiger partial charge in [-0.3, -0.25) is 4.79 Å². The molecule has 0 saturated heterocycles. The van der Waals surface area contributed by atoms with Crippen molar-refractivity contribution in [2.75, 3.05) is 11.5 Å². The fraction of sp³-hybridized carbons (Fsp3) is 0.455. The number of aliphatic hydroxyl groups is 2. The second-order valence-electron chi connectivity index (χ2n) is 3.78. The summed E-state index contributed by atoms with van der Waals surface area (Å²) in [6, 6.07) is 1.41. The highest BCUT2D eigenvalue weighted by molar-refractivity contribution is 8.13. The minimum absolute atomic E-state index is 0.0237. The van der Waals surface area contributed by atoms with Gasteiger partial charge >= 0.3 is 0 Å². The number of nitrogens with two attached hydrogens (primary N) is 1. The average molecular weight is 291 g/mol. The summed E-state index contributed by atoms with van der Waals surface area (Å²) in [5, 5.41) is 19.9. The molecule has 5 nitrogen and oxygen atoms in total. The van der Waals surface area contributed by atoms with E-state index in [0.717, 1.165) is 11.8 Å². The van der Waals surface area contributed by atoms with Gasteiger partial charge in [-0.2, -0.15) is 0 Å². The van der Waals surface area contributed by atoms with E-state index >= 15 is 0 Å². The molecule has 0 aliphatic rings. The van der Waals surface area contributed by atoms with Crippen molar-refractivity contribution in [3.05, 3.63) is 23.0 Å². The zero-order valence-electron chi connectivity index (χ0n) is 9.84. The number of rotatable bonds is 5. The molecule has 0 aromatic carbocycles. The van der Waals surface area contributed by atoms with E-state index in [0.29, 0.717) is 11.3 Å². The van der Waals surface area contributed by atoms with Crippen molar-refractivity contribution in [2.24, 2.45) is 0 Å². The standard InChI is InChI=1S/C11H15ClN2O3S/c1-6(15)18-3-2-9(16)11(17)7-5-14-10(12)4-8(7)13/h4-5,9,11,16-17H,2-3H2,1H3,(H2,13,14). The van der Waals surface area contributed by atoms with Gasteiger partial charge in [-0.15, -0.1) is 0 Å². The number of hydrogen-bond donors (Lipinski definition) is 3. The lowest BCUT2D eigenvalue weighted by Gasteiger charge is -2.19. The molecule has 0 saturated carbocycles. The Bertz CT molecular complexity index is 431. The van der Waals surface area contributed by atoms with Gasteiger partial charge in [-0.1, -0.05) is 23.4 Å². The second kappa shape index (κ2) is 6.94. The Hall–Kier alpha value is -0.820. The minimum atomic E-state index is -1.14. The Morgan fingerprint density at radius 3 is 2.83 bits per heavy atom. The molecule has 1 rings (SSSR count). The van der Waals surface area contributed by atoms with Crippen LogP contribution in [0.2, 0.25) is 5.15 Å². The molecular formula is C11H15ClN2O3S. The summed E-state index contributed by atoms with van der Waals surface area (Å²) in [5.74, 6) is 0.439. The summed E-state index contributed by atoms with van der Waals surface area (Å²) in [4.78, 5) is 14.5. The lowest BCUT2D eigenvalue weighted by Crippen LogP contribution is -2.20. The van der Waals surface area contributed by atoms with Gasteiger partial charge in [0.1, 0.15) is 11.3 Å². The molecule has 4 N–H and O–H groups in total. The van der Waals surface area contributed by atoms with Gasteiger partial charge in [0.05, 0.1) is 6.10 Å². The monoisotopic (exact) mass is 290 g/mol. The Morgan fingerprint density at radius 1 is 1.61 bits per heavy atom. The first kappa shape index (κ1) is 15.2. The summed E-state index contributed by atoms with van der Waals surface area (Å²) in [6.45, 7) is 1.45. The van der Waals surface area contributed by atoms with Gasteiger partial charge in [0.25, 0.3) is 0 Å². The second-order valence-corrected chi connectivity index (χ2v) is 5.44. The van der Waals surface area contributed by atoms with E-state index in [9.17, 15) is 15.0 Å². The number of nitrogen functional groups attached to an aromatic ring is 1. The number of halogens is 1. The Balaban J connectivity index is 2.62. The van der Waals surface area contributed by atoms with Gasteiger partial charge in [0.2, 0.25) is 0 Å². The van der Waals surface area contributed by atoms with Crippen LogP contribution in [0.25, 0.3) is 0 Å². The quantitative estimate of drug-likeness (QED) is 0.709. The fourth-order valence-electron chi connectivity index (χ4n) is 1.39. The molecule has 2 unspecified atom stereocenters. The third kappa shape index (κ3) is 4.45. The number of hydrogen-bond acceptors (Lipinski definition) is 6. The number of carbonyl (C=O) groups is 1. The summed E-state index contributed by atoms with van der Waals surface area (Å²) in [6.07, 6.45) is -0.513. The van der Waals surface area contributed by atoms with Crippen molar-refractivity contribution in [1.29, 1.82) is 0 Å². The van der Waals surface area contributed by atoms with Crippen LogP contribution in [0.3, 0.4) is 0 Å². The Morgan fingerprint density at radius 2 is 2.28 bits per heavy atom. The van der Waals surface area contributed by atoms with Gasteiger partial charge in [0, 0.05) is 30.1 Å². The largest absolute Gasteiger partial charge is 0.398 e. The van der Waals surface area contributed by atoms with Crippen LogP contribution in [0.5, 0.6) is 0 Å². The molecule has 1 aromatic rings. The SMILES string of the molecule is CC(=O)SCCC(O)C(O)c1cnc(Cl)cc1N. The van der Waals surface area contributed by atoms with Crippen LogP contribution < -0.4 is 5.73 Å². The van der Waals surface area contributed by atoms with Crippen molar-refractivity contribution >= 4 is 34.2 Å². The van der Waals surface area contributed by atoms with Crippen molar-refractivity contribution in [1.82, 2.24) is 4.98 Å². The summed E-state index contributed by atoms with van der Waals surface area (Å²) in [5.41, 5.74) is 6.29. The molecule has 0 bridgehead atoms. The lowest BCUT2D eigenvalue weighted by atomic mass is 10.0. The van der Waals surface area contributed by atoms with E-state index in [2.05, 4.69) is 4.98 Å². The highest BCUT2D eigenvalue weighted by atomic mass is 35.5. The van der Waals surface area contributed by atoms with Crippen LogP contribution in [0.15, 0.2) is 12.3 Å². The Labute approximate surface area is 114 Å². The van der Waals surface area contributed by atoms with E-state index < -0.39 is 12.2 Å². The highest BCUT2D eigenvalue weighted by Gasteiger charge is 2.21.